The van der Waals surface area contributed by atoms with Crippen molar-refractivity contribution in [3.8, 4) is 34.3 Å². The molecule has 1 aliphatic heterocycles. The Balaban J connectivity index is 1.35. The fourth-order valence-electron chi connectivity index (χ4n) is 2.95. The number of nitrogens with one attached hydrogen (secondary N) is 1. The Hall–Kier alpha value is -3.94. The van der Waals surface area contributed by atoms with E-state index in [0.717, 1.165) is 11.1 Å². The quantitative estimate of drug-likeness (QED) is 0.599. The van der Waals surface area contributed by atoms with Crippen LogP contribution >= 0.6 is 0 Å². The van der Waals surface area contributed by atoms with Gasteiger partial charge in [0.25, 0.3) is 0 Å². The standard InChI is InChI=1S/C22H20N2O6/c1-26-17-6-3-14(9-20(17)27-2)4-8-22(25)23-12-16-11-19(30-24-16)15-5-7-18-21(10-15)29-13-28-18/h3-11H,12-13H2,1-2H3,(H,23,25)/b8-4-. The molecule has 0 saturated carbocycles. The minimum absolute atomic E-state index is 0.212. The molecule has 2 heterocycles. The fourth-order valence-corrected chi connectivity index (χ4v) is 2.95. The summed E-state index contributed by atoms with van der Waals surface area (Å²) in [5, 5.41) is 6.78. The topological polar surface area (TPSA) is 92.1 Å². The molecular formula is C22H20N2O6. The van der Waals surface area contributed by atoms with Crippen molar-refractivity contribution in [1.29, 1.82) is 0 Å². The maximum Gasteiger partial charge on any atom is 0.244 e. The van der Waals surface area contributed by atoms with Gasteiger partial charge in [-0.25, -0.2) is 0 Å². The summed E-state index contributed by atoms with van der Waals surface area (Å²) >= 11 is 0. The largest absolute Gasteiger partial charge is 0.493 e. The number of hydrogen-bond acceptors (Lipinski definition) is 7. The van der Waals surface area contributed by atoms with Crippen LogP contribution in [0.15, 0.2) is 53.1 Å². The lowest BCUT2D eigenvalue weighted by molar-refractivity contribution is -0.116. The molecule has 8 heteroatoms. The molecule has 1 amide bonds. The van der Waals surface area contributed by atoms with Crippen LogP contribution in [0.2, 0.25) is 0 Å². The Bertz CT molecular complexity index is 1090. The maximum atomic E-state index is 12.1. The third kappa shape index (κ3) is 4.22. The molecule has 4 rings (SSSR count). The number of nitrogens with zero attached hydrogens (tertiary/aromatic N) is 1. The molecule has 0 bridgehead atoms. The second-order valence-corrected chi connectivity index (χ2v) is 6.42. The number of hydrogen-bond donors (Lipinski definition) is 1. The van der Waals surface area contributed by atoms with E-state index < -0.39 is 0 Å². The van der Waals surface area contributed by atoms with Crippen LogP contribution in [0.5, 0.6) is 23.0 Å². The first-order valence-electron chi connectivity index (χ1n) is 9.20. The summed E-state index contributed by atoms with van der Waals surface area (Å²) in [5.41, 5.74) is 2.24. The highest BCUT2D eigenvalue weighted by molar-refractivity contribution is 5.91. The van der Waals surface area contributed by atoms with Gasteiger partial charge in [-0.2, -0.15) is 0 Å². The van der Waals surface area contributed by atoms with Crippen molar-refractivity contribution in [3.63, 3.8) is 0 Å². The lowest BCUT2D eigenvalue weighted by atomic mass is 10.1. The number of ether oxygens (including phenoxy) is 4. The summed E-state index contributed by atoms with van der Waals surface area (Å²) in [5.74, 6) is 2.92. The second-order valence-electron chi connectivity index (χ2n) is 6.42. The van der Waals surface area contributed by atoms with Gasteiger partial charge in [0, 0.05) is 17.7 Å². The van der Waals surface area contributed by atoms with Crippen LogP contribution in [0.25, 0.3) is 17.4 Å². The van der Waals surface area contributed by atoms with Crippen molar-refractivity contribution in [1.82, 2.24) is 10.5 Å². The van der Waals surface area contributed by atoms with Gasteiger partial charge in [-0.1, -0.05) is 11.2 Å². The first-order chi connectivity index (χ1) is 14.7. The summed E-state index contributed by atoms with van der Waals surface area (Å²) in [6.07, 6.45) is 3.14. The van der Waals surface area contributed by atoms with Gasteiger partial charge >= 0.3 is 0 Å². The second kappa shape index (κ2) is 8.60. The zero-order valence-corrected chi connectivity index (χ0v) is 16.5. The average Bonchev–Trinajstić information content (AvgIpc) is 3.44. The van der Waals surface area contributed by atoms with E-state index in [9.17, 15) is 4.79 Å². The maximum absolute atomic E-state index is 12.1. The van der Waals surface area contributed by atoms with E-state index in [4.69, 9.17) is 23.5 Å². The molecule has 0 aliphatic carbocycles. The molecule has 0 atom stereocenters. The van der Waals surface area contributed by atoms with Crippen molar-refractivity contribution in [2.75, 3.05) is 21.0 Å². The van der Waals surface area contributed by atoms with Gasteiger partial charge in [0.1, 0.15) is 5.69 Å². The summed E-state index contributed by atoms with van der Waals surface area (Å²) in [6, 6.07) is 12.7. The molecule has 8 nitrogen and oxygen atoms in total. The first-order valence-corrected chi connectivity index (χ1v) is 9.20. The number of carbonyl (C=O) groups is 1. The molecule has 1 aromatic heterocycles. The number of amides is 1. The van der Waals surface area contributed by atoms with Gasteiger partial charge in [0.15, 0.2) is 28.8 Å². The Morgan fingerprint density at radius 2 is 1.90 bits per heavy atom. The number of aromatic nitrogens is 1. The molecule has 30 heavy (non-hydrogen) atoms. The van der Waals surface area contributed by atoms with E-state index in [1.807, 2.05) is 24.3 Å². The van der Waals surface area contributed by atoms with E-state index in [1.165, 1.54) is 6.08 Å². The fraction of sp³-hybridized carbons (Fsp3) is 0.182. The molecule has 0 saturated heterocycles. The lowest BCUT2D eigenvalue weighted by Gasteiger charge is -2.07. The minimum Gasteiger partial charge on any atom is -0.493 e. The SMILES string of the molecule is COc1ccc(/C=C\C(=O)NCc2cc(-c3ccc4c(c3)OCO4)on2)cc1OC. The van der Waals surface area contributed by atoms with Gasteiger partial charge < -0.3 is 28.8 Å². The van der Waals surface area contributed by atoms with Crippen molar-refractivity contribution in [3.05, 3.63) is 59.8 Å². The van der Waals surface area contributed by atoms with Crippen LogP contribution in [0, 0.1) is 0 Å². The van der Waals surface area contributed by atoms with Crippen LogP contribution in [0.1, 0.15) is 11.3 Å². The smallest absolute Gasteiger partial charge is 0.244 e. The van der Waals surface area contributed by atoms with E-state index in [1.54, 1.807) is 38.5 Å². The molecule has 2 aromatic carbocycles. The lowest BCUT2D eigenvalue weighted by Crippen LogP contribution is -2.20. The van der Waals surface area contributed by atoms with Crippen molar-refractivity contribution in [2.24, 2.45) is 0 Å². The molecule has 1 N–H and O–H groups in total. The molecule has 1 aliphatic rings. The number of rotatable bonds is 7. The van der Waals surface area contributed by atoms with Gasteiger partial charge in [-0.3, -0.25) is 4.79 Å². The zero-order valence-electron chi connectivity index (χ0n) is 16.5. The molecule has 0 radical (unpaired) electrons. The third-order valence-electron chi connectivity index (χ3n) is 4.49. The van der Waals surface area contributed by atoms with Gasteiger partial charge in [0.2, 0.25) is 12.7 Å². The molecule has 0 unspecified atom stereocenters. The van der Waals surface area contributed by atoms with Crippen LogP contribution in [0.3, 0.4) is 0 Å². The van der Waals surface area contributed by atoms with E-state index in [-0.39, 0.29) is 19.2 Å². The summed E-state index contributed by atoms with van der Waals surface area (Å²) in [7, 11) is 3.14. The Kier molecular flexibility index (Phi) is 5.56. The predicted octanol–water partition coefficient (Wildman–Crippen LogP) is 3.42. The van der Waals surface area contributed by atoms with Crippen molar-refractivity contribution < 1.29 is 28.3 Å². The minimum atomic E-state index is -0.252. The highest BCUT2D eigenvalue weighted by Crippen LogP contribution is 2.36. The number of carbonyl (C=O) groups excluding carboxylic acids is 1. The highest BCUT2D eigenvalue weighted by atomic mass is 16.7. The van der Waals surface area contributed by atoms with Gasteiger partial charge in [-0.15, -0.1) is 0 Å². The van der Waals surface area contributed by atoms with Crippen molar-refractivity contribution in [2.45, 2.75) is 6.54 Å². The summed E-state index contributed by atoms with van der Waals surface area (Å²) in [6.45, 7) is 0.451. The zero-order chi connectivity index (χ0) is 20.9. The molecule has 3 aromatic rings. The molecular weight excluding hydrogens is 388 g/mol. The van der Waals surface area contributed by atoms with E-state index >= 15 is 0 Å². The Morgan fingerprint density at radius 3 is 2.73 bits per heavy atom. The average molecular weight is 408 g/mol. The van der Waals surface area contributed by atoms with Crippen LogP contribution in [0.4, 0.5) is 0 Å². The number of benzene rings is 2. The number of methoxy groups -OCH3 is 2. The first kappa shape index (κ1) is 19.4. The highest BCUT2D eigenvalue weighted by Gasteiger charge is 2.16. The normalized spacial score (nSPS) is 12.2. The summed E-state index contributed by atoms with van der Waals surface area (Å²) < 4.78 is 26.5. The molecule has 0 fully saturated rings. The number of fused-ring (bicyclic) bond motifs is 1. The molecule has 154 valence electrons. The van der Waals surface area contributed by atoms with Crippen LogP contribution in [-0.4, -0.2) is 32.1 Å². The van der Waals surface area contributed by atoms with Crippen LogP contribution in [-0.2, 0) is 11.3 Å². The molecule has 0 spiro atoms. The summed E-state index contributed by atoms with van der Waals surface area (Å²) in [4.78, 5) is 12.1. The van der Waals surface area contributed by atoms with E-state index in [0.29, 0.717) is 34.5 Å². The Labute approximate surface area is 173 Å². The monoisotopic (exact) mass is 408 g/mol. The third-order valence-corrected chi connectivity index (χ3v) is 4.49. The Morgan fingerprint density at radius 1 is 1.07 bits per heavy atom. The van der Waals surface area contributed by atoms with Gasteiger partial charge in [-0.05, 0) is 42.0 Å². The predicted molar refractivity (Wildman–Crippen MR) is 108 cm³/mol. The van der Waals surface area contributed by atoms with E-state index in [2.05, 4.69) is 10.5 Å². The van der Waals surface area contributed by atoms with Crippen molar-refractivity contribution >= 4 is 12.0 Å². The van der Waals surface area contributed by atoms with Gasteiger partial charge in [0.05, 0.1) is 20.8 Å². The van der Waals surface area contributed by atoms with Crippen LogP contribution < -0.4 is 24.3 Å².